The number of imidazole rings is 1. The van der Waals surface area contributed by atoms with E-state index in [2.05, 4.69) is 9.97 Å². The maximum absolute atomic E-state index is 13.7. The number of carbonyl (C=O) groups excluding carboxylic acids is 1. The molecule has 0 aliphatic carbocycles. The van der Waals surface area contributed by atoms with E-state index in [0.29, 0.717) is 57.7 Å². The van der Waals surface area contributed by atoms with Gasteiger partial charge in [0.15, 0.2) is 16.6 Å². The molecule has 10 heteroatoms. The largest absolute Gasteiger partial charge is 0.493 e. The summed E-state index contributed by atoms with van der Waals surface area (Å²) in [5, 5.41) is 0.486. The third-order valence-electron chi connectivity index (χ3n) is 5.08. The number of benzene rings is 2. The van der Waals surface area contributed by atoms with Crippen molar-refractivity contribution in [1.29, 1.82) is 0 Å². The number of ether oxygens (including phenoxy) is 3. The number of anilines is 1. The summed E-state index contributed by atoms with van der Waals surface area (Å²) in [6, 6.07) is 7.61. The van der Waals surface area contributed by atoms with Gasteiger partial charge in [0.1, 0.15) is 5.82 Å². The van der Waals surface area contributed by atoms with E-state index in [1.54, 1.807) is 35.6 Å². The normalized spacial score (nSPS) is 10.9. The van der Waals surface area contributed by atoms with Gasteiger partial charge in [0.2, 0.25) is 5.75 Å². The van der Waals surface area contributed by atoms with Crippen molar-refractivity contribution in [3.05, 3.63) is 60.4 Å². The van der Waals surface area contributed by atoms with Gasteiger partial charge in [-0.3, -0.25) is 9.69 Å². The maximum atomic E-state index is 13.7. The zero-order valence-corrected chi connectivity index (χ0v) is 19.3. The van der Waals surface area contributed by atoms with Crippen LogP contribution >= 0.6 is 11.3 Å². The van der Waals surface area contributed by atoms with Gasteiger partial charge >= 0.3 is 0 Å². The Kier molecular flexibility index (Phi) is 6.74. The van der Waals surface area contributed by atoms with Crippen LogP contribution < -0.4 is 19.1 Å². The lowest BCUT2D eigenvalue weighted by atomic mass is 10.1. The first-order valence-electron chi connectivity index (χ1n) is 10.2. The first kappa shape index (κ1) is 22.5. The summed E-state index contributed by atoms with van der Waals surface area (Å²) < 4.78 is 32.5. The van der Waals surface area contributed by atoms with Crippen molar-refractivity contribution < 1.29 is 23.4 Å². The Labute approximate surface area is 194 Å². The van der Waals surface area contributed by atoms with Crippen molar-refractivity contribution in [1.82, 2.24) is 14.5 Å². The molecular formula is C23H23FN4O4S. The minimum absolute atomic E-state index is 0.278. The molecule has 2 heterocycles. The number of methoxy groups -OCH3 is 3. The number of hydrogen-bond donors (Lipinski definition) is 0. The zero-order valence-electron chi connectivity index (χ0n) is 18.4. The minimum Gasteiger partial charge on any atom is -0.493 e. The lowest BCUT2D eigenvalue weighted by Gasteiger charge is -2.21. The van der Waals surface area contributed by atoms with Gasteiger partial charge in [-0.2, -0.15) is 0 Å². The van der Waals surface area contributed by atoms with Crippen LogP contribution in [0.4, 0.5) is 9.52 Å². The van der Waals surface area contributed by atoms with Crippen LogP contribution in [0, 0.1) is 5.82 Å². The second-order valence-electron chi connectivity index (χ2n) is 7.13. The highest BCUT2D eigenvalue weighted by atomic mass is 32.1. The fourth-order valence-electron chi connectivity index (χ4n) is 3.48. The molecule has 1 amide bonds. The Balaban J connectivity index is 1.70. The summed E-state index contributed by atoms with van der Waals surface area (Å²) >= 11 is 1.27. The van der Waals surface area contributed by atoms with Gasteiger partial charge in [0.25, 0.3) is 5.91 Å². The predicted molar refractivity (Wildman–Crippen MR) is 124 cm³/mol. The van der Waals surface area contributed by atoms with Crippen molar-refractivity contribution in [2.45, 2.75) is 13.0 Å². The molecule has 4 aromatic rings. The molecule has 0 spiro atoms. The minimum atomic E-state index is -0.347. The topological polar surface area (TPSA) is 78.7 Å². The Morgan fingerprint density at radius 1 is 1.12 bits per heavy atom. The Morgan fingerprint density at radius 2 is 1.88 bits per heavy atom. The molecule has 0 saturated carbocycles. The predicted octanol–water partition coefficient (Wildman–Crippen LogP) is 4.39. The highest BCUT2D eigenvalue weighted by Crippen LogP contribution is 2.39. The summed E-state index contributed by atoms with van der Waals surface area (Å²) in [6.45, 7) is 1.08. The van der Waals surface area contributed by atoms with Crippen molar-refractivity contribution in [3.63, 3.8) is 0 Å². The van der Waals surface area contributed by atoms with E-state index in [9.17, 15) is 9.18 Å². The van der Waals surface area contributed by atoms with Gasteiger partial charge in [-0.25, -0.2) is 14.4 Å². The van der Waals surface area contributed by atoms with Gasteiger partial charge in [0, 0.05) is 31.0 Å². The van der Waals surface area contributed by atoms with Crippen LogP contribution in [0.15, 0.2) is 49.1 Å². The van der Waals surface area contributed by atoms with E-state index in [4.69, 9.17) is 14.2 Å². The SMILES string of the molecule is COc1cc(C(=O)N(CCCn2ccnc2)c2nc3ccc(F)cc3s2)cc(OC)c1OC. The molecule has 0 atom stereocenters. The zero-order chi connectivity index (χ0) is 23.4. The molecule has 0 bridgehead atoms. The van der Waals surface area contributed by atoms with E-state index < -0.39 is 0 Å². The molecule has 0 N–H and O–H groups in total. The third kappa shape index (κ3) is 4.75. The Bertz CT molecular complexity index is 1230. The maximum Gasteiger partial charge on any atom is 0.260 e. The molecule has 4 rings (SSSR count). The molecule has 2 aromatic carbocycles. The van der Waals surface area contributed by atoms with Gasteiger partial charge in [-0.05, 0) is 36.8 Å². The molecule has 172 valence electrons. The molecule has 0 fully saturated rings. The van der Waals surface area contributed by atoms with E-state index in [-0.39, 0.29) is 11.7 Å². The quantitative estimate of drug-likeness (QED) is 0.361. The second-order valence-corrected chi connectivity index (χ2v) is 8.14. The highest BCUT2D eigenvalue weighted by Gasteiger charge is 2.24. The van der Waals surface area contributed by atoms with E-state index in [1.165, 1.54) is 44.8 Å². The Hall–Kier alpha value is -3.66. The number of nitrogens with zero attached hydrogens (tertiary/aromatic N) is 4. The average Bonchev–Trinajstić information content (AvgIpc) is 3.49. The number of rotatable bonds is 9. The van der Waals surface area contributed by atoms with Crippen molar-refractivity contribution in [2.75, 3.05) is 32.8 Å². The fourth-order valence-corrected chi connectivity index (χ4v) is 4.49. The number of fused-ring (bicyclic) bond motifs is 1. The smallest absolute Gasteiger partial charge is 0.260 e. The van der Waals surface area contributed by atoms with Crippen LogP contribution in [0.25, 0.3) is 10.2 Å². The number of amides is 1. The average molecular weight is 471 g/mol. The number of halogens is 1. The second kappa shape index (κ2) is 9.86. The number of thiazole rings is 1. The number of carbonyl (C=O) groups is 1. The molecule has 0 aliphatic rings. The first-order valence-corrected chi connectivity index (χ1v) is 11.0. The highest BCUT2D eigenvalue weighted by molar-refractivity contribution is 7.22. The van der Waals surface area contributed by atoms with Gasteiger partial charge < -0.3 is 18.8 Å². The van der Waals surface area contributed by atoms with Crippen molar-refractivity contribution in [2.24, 2.45) is 0 Å². The molecular weight excluding hydrogens is 447 g/mol. The number of aryl methyl sites for hydroxylation is 1. The standard InChI is InChI=1S/C23H23FN4O4S/c1-30-18-11-15(12-19(31-2)21(18)32-3)22(29)28(9-4-8-27-10-7-25-14-27)23-26-17-6-5-16(24)13-20(17)33-23/h5-7,10-14H,4,8-9H2,1-3H3. The number of aromatic nitrogens is 3. The summed E-state index contributed by atoms with van der Waals surface area (Å²) in [7, 11) is 4.50. The van der Waals surface area contributed by atoms with Crippen LogP contribution in [-0.2, 0) is 6.54 Å². The van der Waals surface area contributed by atoms with Crippen LogP contribution in [0.5, 0.6) is 17.2 Å². The molecule has 8 nitrogen and oxygen atoms in total. The Morgan fingerprint density at radius 3 is 2.52 bits per heavy atom. The van der Waals surface area contributed by atoms with Crippen LogP contribution in [0.1, 0.15) is 16.8 Å². The molecule has 0 aliphatic heterocycles. The first-order chi connectivity index (χ1) is 16.0. The molecule has 0 radical (unpaired) electrons. The monoisotopic (exact) mass is 470 g/mol. The van der Waals surface area contributed by atoms with Gasteiger partial charge in [-0.1, -0.05) is 11.3 Å². The summed E-state index contributed by atoms with van der Waals surface area (Å²) in [4.78, 5) is 23.9. The molecule has 2 aromatic heterocycles. The molecule has 0 unspecified atom stereocenters. The van der Waals surface area contributed by atoms with Crippen LogP contribution in [0.3, 0.4) is 0 Å². The van der Waals surface area contributed by atoms with E-state index in [0.717, 1.165) is 0 Å². The third-order valence-corrected chi connectivity index (χ3v) is 6.13. The summed E-state index contributed by atoms with van der Waals surface area (Å²) in [6.07, 6.45) is 5.97. The van der Waals surface area contributed by atoms with Gasteiger partial charge in [-0.15, -0.1) is 0 Å². The van der Waals surface area contributed by atoms with E-state index >= 15 is 0 Å². The van der Waals surface area contributed by atoms with Gasteiger partial charge in [0.05, 0.1) is 37.9 Å². The molecule has 0 saturated heterocycles. The van der Waals surface area contributed by atoms with Crippen molar-refractivity contribution >= 4 is 32.6 Å². The summed E-state index contributed by atoms with van der Waals surface area (Å²) in [5.41, 5.74) is 0.992. The number of hydrogen-bond acceptors (Lipinski definition) is 7. The summed E-state index contributed by atoms with van der Waals surface area (Å²) in [5.74, 6) is 0.535. The van der Waals surface area contributed by atoms with E-state index in [1.807, 2.05) is 10.8 Å². The lowest BCUT2D eigenvalue weighted by molar-refractivity contribution is 0.0985. The molecule has 33 heavy (non-hydrogen) atoms. The van der Waals surface area contributed by atoms with Crippen LogP contribution in [-0.4, -0.2) is 48.3 Å². The fraction of sp³-hybridized carbons (Fsp3) is 0.261. The lowest BCUT2D eigenvalue weighted by Crippen LogP contribution is -2.32. The van der Waals surface area contributed by atoms with Crippen molar-refractivity contribution in [3.8, 4) is 17.2 Å². The van der Waals surface area contributed by atoms with Crippen LogP contribution in [0.2, 0.25) is 0 Å².